The Kier molecular flexibility index (Phi) is 10.2. The van der Waals surface area contributed by atoms with E-state index in [1.54, 1.807) is 8.77 Å². The van der Waals surface area contributed by atoms with Gasteiger partial charge in [0.15, 0.2) is 0 Å². The third-order valence-corrected chi connectivity index (χ3v) is 16.2. The van der Waals surface area contributed by atoms with E-state index in [0.29, 0.717) is 0 Å². The van der Waals surface area contributed by atoms with Gasteiger partial charge in [0.1, 0.15) is 0 Å². The molecular weight excluding hydrogens is 776 g/mol. The fraction of sp³-hybridized carbons (Fsp3) is 0.175. The van der Waals surface area contributed by atoms with Gasteiger partial charge in [-0.2, -0.15) is 0 Å². The fourth-order valence-corrected chi connectivity index (χ4v) is 13.6. The number of allylic oxidation sites excluding steroid dienone is 4. The molecule has 0 N–H and O–H groups in total. The van der Waals surface area contributed by atoms with E-state index < -0.39 is 22.8 Å². The maximum absolute atomic E-state index is 2.64. The molecule has 0 aromatic heterocycles. The number of rotatable bonds is 7. The van der Waals surface area contributed by atoms with E-state index in [0.717, 1.165) is 6.42 Å². The van der Waals surface area contributed by atoms with Gasteiger partial charge >= 0.3 is 359 Å². The van der Waals surface area contributed by atoms with Crippen molar-refractivity contribution in [3.63, 3.8) is 0 Å². The van der Waals surface area contributed by atoms with Crippen molar-refractivity contribution in [3.05, 3.63) is 221 Å². The average molecular weight is 827 g/mol. The second kappa shape index (κ2) is 15.5. The summed E-state index contributed by atoms with van der Waals surface area (Å²) in [6.07, 6.45) is 8.01. The Morgan fingerprint density at radius 3 is 1.48 bits per heavy atom. The average Bonchev–Trinajstić information content (AvgIpc) is 3.90. The molecule has 0 aliphatic heterocycles. The van der Waals surface area contributed by atoms with Crippen LogP contribution in [0.25, 0.3) is 50.1 Å². The van der Waals surface area contributed by atoms with E-state index in [1.807, 2.05) is 0 Å². The Morgan fingerprint density at radius 1 is 0.500 bits per heavy atom. The molecule has 9 rings (SSSR count). The quantitative estimate of drug-likeness (QED) is 0.150. The van der Waals surface area contributed by atoms with Crippen LogP contribution in [0, 0.1) is 0 Å². The fourth-order valence-electron chi connectivity index (χ4n) is 9.26. The van der Waals surface area contributed by atoms with Crippen LogP contribution in [0.1, 0.15) is 90.5 Å². The van der Waals surface area contributed by atoms with E-state index in [1.165, 1.54) is 83.5 Å². The van der Waals surface area contributed by atoms with Crippen molar-refractivity contribution in [2.75, 3.05) is 0 Å². The van der Waals surface area contributed by atoms with Gasteiger partial charge in [-0.3, -0.25) is 0 Å². The van der Waals surface area contributed by atoms with Gasteiger partial charge in [-0.25, -0.2) is 0 Å². The molecular formula is C57H51Zr. The van der Waals surface area contributed by atoms with Gasteiger partial charge in [0, 0.05) is 0 Å². The van der Waals surface area contributed by atoms with Gasteiger partial charge in [-0.1, -0.05) is 0 Å². The summed E-state index contributed by atoms with van der Waals surface area (Å²) in [5.41, 5.74) is 22.1. The van der Waals surface area contributed by atoms with E-state index in [2.05, 4.69) is 224 Å². The molecule has 0 saturated heterocycles. The Hall–Kier alpha value is -5.23. The third-order valence-electron chi connectivity index (χ3n) is 11.9. The Morgan fingerprint density at radius 2 is 1.00 bits per heavy atom. The Bertz CT molecular complexity index is 2660. The van der Waals surface area contributed by atoms with Crippen molar-refractivity contribution in [3.8, 4) is 44.5 Å². The maximum atomic E-state index is 2.64. The summed E-state index contributed by atoms with van der Waals surface area (Å²) in [5, 5.41) is 0. The summed E-state index contributed by atoms with van der Waals surface area (Å²) in [6, 6.07) is 61.6. The normalized spacial score (nSPS) is 14.4. The van der Waals surface area contributed by atoms with Crippen LogP contribution in [-0.4, -0.2) is 3.21 Å². The van der Waals surface area contributed by atoms with Crippen molar-refractivity contribution < 1.29 is 22.8 Å². The molecule has 7 aromatic carbocycles. The number of benzene rings is 7. The Balaban J connectivity index is 1.56. The van der Waals surface area contributed by atoms with Gasteiger partial charge in [0.25, 0.3) is 0 Å². The second-order valence-corrected chi connectivity index (χ2v) is 21.2. The minimum absolute atomic E-state index is 0.0386. The standard InChI is InChI=1S/C44H41.C13H10.Zr/c1-43(2,3)34-26-33-27-36-38(30-24-16-17-25-30)42(44(4,5)6)40(32-22-14-9-15-23-32)39(31-20-12-8-13-21-31)41(36)37(33)35(28-34)29-18-10-7-11-19-29;1-3-7-12(8-4-1)11-13-9-5-2-6-10-13;/h7-24,26-28H,25H2,1-6H3;1-10H;. The first-order valence-corrected chi connectivity index (χ1v) is 23.4. The van der Waals surface area contributed by atoms with Crippen LogP contribution in [0.2, 0.25) is 0 Å². The molecule has 1 atom stereocenters. The predicted molar refractivity (Wildman–Crippen MR) is 245 cm³/mol. The molecule has 2 aliphatic carbocycles. The van der Waals surface area contributed by atoms with Crippen molar-refractivity contribution in [2.24, 2.45) is 0 Å². The summed E-state index contributed by atoms with van der Waals surface area (Å²) < 4.78 is 1.81. The van der Waals surface area contributed by atoms with Gasteiger partial charge in [0.05, 0.1) is 0 Å². The van der Waals surface area contributed by atoms with Crippen LogP contribution in [0.15, 0.2) is 182 Å². The van der Waals surface area contributed by atoms with Gasteiger partial charge < -0.3 is 0 Å². The Labute approximate surface area is 357 Å². The summed E-state index contributed by atoms with van der Waals surface area (Å²) in [4.78, 5) is 0. The van der Waals surface area contributed by atoms with E-state index >= 15 is 0 Å². The first-order chi connectivity index (χ1) is 28.1. The third kappa shape index (κ3) is 7.03. The molecule has 7 aromatic rings. The van der Waals surface area contributed by atoms with Crippen LogP contribution < -0.4 is 0 Å². The van der Waals surface area contributed by atoms with Crippen LogP contribution in [-0.2, 0) is 33.6 Å². The topological polar surface area (TPSA) is 0 Å². The SMILES string of the molecule is CC(C)(C)c1cc(-c2ccccc2)c2c(c1)[CH]([Zr]=[C](c1ccccc1)c1ccccc1)c1c(C3=CC=CC3)c(C(C)(C)C)c(-c3ccccc3)c(-c3ccccc3)c1-2. The molecule has 0 amide bonds. The van der Waals surface area contributed by atoms with Gasteiger partial charge in [0.2, 0.25) is 0 Å². The van der Waals surface area contributed by atoms with Crippen molar-refractivity contribution in [1.82, 2.24) is 0 Å². The first-order valence-electron chi connectivity index (χ1n) is 20.8. The molecule has 0 fully saturated rings. The van der Waals surface area contributed by atoms with E-state index in [4.69, 9.17) is 0 Å². The molecule has 0 radical (unpaired) electrons. The molecule has 0 spiro atoms. The molecule has 1 heteroatoms. The summed E-state index contributed by atoms with van der Waals surface area (Å²) in [6.45, 7) is 14.5. The monoisotopic (exact) mass is 825 g/mol. The molecule has 283 valence electrons. The van der Waals surface area contributed by atoms with Gasteiger partial charge in [-0.15, -0.1) is 0 Å². The summed E-state index contributed by atoms with van der Waals surface area (Å²) >= 11 is -1.51. The molecule has 0 saturated carbocycles. The first kappa shape index (κ1) is 38.3. The number of fused-ring (bicyclic) bond motifs is 3. The van der Waals surface area contributed by atoms with Crippen LogP contribution in [0.5, 0.6) is 0 Å². The van der Waals surface area contributed by atoms with Crippen molar-refractivity contribution in [1.29, 1.82) is 0 Å². The zero-order valence-electron chi connectivity index (χ0n) is 34.6. The number of hydrogen-bond donors (Lipinski definition) is 0. The molecule has 2 aliphatic rings. The van der Waals surface area contributed by atoms with Crippen LogP contribution >= 0.6 is 0 Å². The minimum atomic E-state index is -1.51. The summed E-state index contributed by atoms with van der Waals surface area (Å²) in [7, 11) is 0. The van der Waals surface area contributed by atoms with E-state index in [-0.39, 0.29) is 14.5 Å². The van der Waals surface area contributed by atoms with Crippen LogP contribution in [0.3, 0.4) is 0 Å². The van der Waals surface area contributed by atoms with Crippen molar-refractivity contribution >= 4 is 8.78 Å². The zero-order chi connectivity index (χ0) is 40.0. The molecule has 0 bridgehead atoms. The summed E-state index contributed by atoms with van der Waals surface area (Å²) in [5.74, 6) is 0. The predicted octanol–water partition coefficient (Wildman–Crippen LogP) is 15.0. The van der Waals surface area contributed by atoms with Gasteiger partial charge in [-0.05, 0) is 0 Å². The molecule has 1 unspecified atom stereocenters. The number of hydrogen-bond acceptors (Lipinski definition) is 0. The molecule has 0 nitrogen and oxygen atoms in total. The molecule has 0 heterocycles. The molecule has 58 heavy (non-hydrogen) atoms. The second-order valence-electron chi connectivity index (χ2n) is 17.9. The van der Waals surface area contributed by atoms with E-state index in [9.17, 15) is 0 Å². The zero-order valence-corrected chi connectivity index (χ0v) is 37.1. The van der Waals surface area contributed by atoms with Crippen LogP contribution in [0.4, 0.5) is 0 Å². The van der Waals surface area contributed by atoms with Crippen molar-refractivity contribution in [2.45, 2.75) is 62.4 Å².